The third kappa shape index (κ3) is 5.39. The molecule has 0 spiro atoms. The SMILES string of the molecule is CCn1cc(CCNC(=O)Nc2nc(C)c(C#Cc3ccncc3)s2)cn1. The van der Waals surface area contributed by atoms with Gasteiger partial charge in [0, 0.05) is 37.2 Å². The fraction of sp³-hybridized carbons (Fsp3) is 0.263. The zero-order valence-electron chi connectivity index (χ0n) is 15.2. The van der Waals surface area contributed by atoms with Crippen LogP contribution in [0.4, 0.5) is 9.93 Å². The van der Waals surface area contributed by atoms with Crippen molar-refractivity contribution in [3.63, 3.8) is 0 Å². The molecule has 0 aliphatic carbocycles. The van der Waals surface area contributed by atoms with Crippen LogP contribution in [0.1, 0.15) is 28.6 Å². The molecule has 27 heavy (non-hydrogen) atoms. The van der Waals surface area contributed by atoms with E-state index < -0.39 is 0 Å². The maximum Gasteiger partial charge on any atom is 0.321 e. The molecule has 0 aliphatic rings. The van der Waals surface area contributed by atoms with E-state index in [1.165, 1.54) is 11.3 Å². The summed E-state index contributed by atoms with van der Waals surface area (Å²) in [7, 11) is 0. The fourth-order valence-electron chi connectivity index (χ4n) is 2.30. The molecule has 0 aromatic carbocycles. The number of anilines is 1. The summed E-state index contributed by atoms with van der Waals surface area (Å²) in [5, 5.41) is 10.3. The standard InChI is InChI=1S/C19H20N6OS/c1-3-25-13-16(12-22-25)8-11-21-18(26)24-19-23-14(2)17(27-19)5-4-15-6-9-20-10-7-15/h6-7,9-10,12-13H,3,8,11H2,1-2H3,(H2,21,23,24,26). The van der Waals surface area contributed by atoms with Crippen molar-refractivity contribution >= 4 is 22.5 Å². The van der Waals surface area contributed by atoms with Gasteiger partial charge in [-0.3, -0.25) is 15.0 Å². The first-order valence-electron chi connectivity index (χ1n) is 8.59. The first-order valence-corrected chi connectivity index (χ1v) is 9.41. The number of urea groups is 1. The fourth-order valence-corrected chi connectivity index (χ4v) is 3.12. The Labute approximate surface area is 161 Å². The Bertz CT molecular complexity index is 967. The van der Waals surface area contributed by atoms with Gasteiger partial charge in [-0.15, -0.1) is 0 Å². The number of nitrogens with one attached hydrogen (secondary N) is 2. The Balaban J connectivity index is 1.52. The number of thiazole rings is 1. The van der Waals surface area contributed by atoms with Crippen LogP contribution in [0, 0.1) is 18.8 Å². The van der Waals surface area contributed by atoms with Gasteiger partial charge in [0.05, 0.1) is 11.9 Å². The molecule has 0 unspecified atom stereocenters. The van der Waals surface area contributed by atoms with Crippen molar-refractivity contribution in [2.45, 2.75) is 26.8 Å². The van der Waals surface area contributed by atoms with Gasteiger partial charge in [0.2, 0.25) is 0 Å². The lowest BCUT2D eigenvalue weighted by molar-refractivity contribution is 0.252. The minimum atomic E-state index is -0.278. The number of aryl methyl sites for hydroxylation is 2. The number of aromatic nitrogens is 4. The van der Waals surface area contributed by atoms with Crippen molar-refractivity contribution in [1.82, 2.24) is 25.1 Å². The van der Waals surface area contributed by atoms with Crippen molar-refractivity contribution in [3.8, 4) is 11.8 Å². The molecule has 2 N–H and O–H groups in total. The summed E-state index contributed by atoms with van der Waals surface area (Å²) in [5.41, 5.74) is 2.77. The van der Waals surface area contributed by atoms with Gasteiger partial charge in [-0.25, -0.2) is 9.78 Å². The smallest absolute Gasteiger partial charge is 0.321 e. The predicted molar refractivity (Wildman–Crippen MR) is 106 cm³/mol. The average Bonchev–Trinajstić information content (AvgIpc) is 3.27. The van der Waals surface area contributed by atoms with E-state index in [-0.39, 0.29) is 6.03 Å². The zero-order valence-corrected chi connectivity index (χ0v) is 16.0. The number of rotatable bonds is 5. The molecule has 8 heteroatoms. The first-order chi connectivity index (χ1) is 13.1. The molecule has 0 saturated carbocycles. The van der Waals surface area contributed by atoms with E-state index in [4.69, 9.17) is 0 Å². The van der Waals surface area contributed by atoms with E-state index in [9.17, 15) is 4.79 Å². The summed E-state index contributed by atoms with van der Waals surface area (Å²) >= 11 is 1.36. The summed E-state index contributed by atoms with van der Waals surface area (Å²) in [6.07, 6.45) is 7.94. The number of amides is 2. The van der Waals surface area contributed by atoms with Crippen molar-refractivity contribution in [2.24, 2.45) is 0 Å². The third-order valence-corrected chi connectivity index (χ3v) is 4.72. The molecule has 7 nitrogen and oxygen atoms in total. The van der Waals surface area contributed by atoms with Crippen LogP contribution < -0.4 is 10.6 Å². The van der Waals surface area contributed by atoms with Gasteiger partial charge in [0.15, 0.2) is 5.13 Å². The highest BCUT2D eigenvalue weighted by Gasteiger charge is 2.09. The second kappa shape index (κ2) is 8.96. The summed E-state index contributed by atoms with van der Waals surface area (Å²) in [4.78, 5) is 21.2. The number of carbonyl (C=O) groups is 1. The van der Waals surface area contributed by atoms with Gasteiger partial charge in [0.1, 0.15) is 4.88 Å². The highest BCUT2D eigenvalue weighted by molar-refractivity contribution is 7.16. The van der Waals surface area contributed by atoms with Crippen LogP contribution in [-0.4, -0.2) is 32.3 Å². The Morgan fingerprint density at radius 2 is 2.11 bits per heavy atom. The van der Waals surface area contributed by atoms with Crippen LogP contribution in [0.15, 0.2) is 36.9 Å². The lowest BCUT2D eigenvalue weighted by Crippen LogP contribution is -2.30. The van der Waals surface area contributed by atoms with Crippen LogP contribution in [0.5, 0.6) is 0 Å². The second-order valence-electron chi connectivity index (χ2n) is 5.75. The van der Waals surface area contributed by atoms with E-state index in [2.05, 4.69) is 37.5 Å². The largest absolute Gasteiger partial charge is 0.337 e. The van der Waals surface area contributed by atoms with Gasteiger partial charge < -0.3 is 5.32 Å². The monoisotopic (exact) mass is 380 g/mol. The molecule has 3 aromatic rings. The molecule has 138 valence electrons. The van der Waals surface area contributed by atoms with Crippen LogP contribution in [0.3, 0.4) is 0 Å². The molecule has 3 rings (SSSR count). The molecule has 0 fully saturated rings. The Kier molecular flexibility index (Phi) is 6.18. The summed E-state index contributed by atoms with van der Waals surface area (Å²) in [5.74, 6) is 6.16. The molecule has 2 amide bonds. The first kappa shape index (κ1) is 18.6. The minimum Gasteiger partial charge on any atom is -0.337 e. The van der Waals surface area contributed by atoms with Gasteiger partial charge >= 0.3 is 6.03 Å². The van der Waals surface area contributed by atoms with E-state index in [0.29, 0.717) is 11.7 Å². The van der Waals surface area contributed by atoms with Crippen molar-refractivity contribution in [3.05, 3.63) is 58.6 Å². The quantitative estimate of drug-likeness (QED) is 0.667. The lowest BCUT2D eigenvalue weighted by Gasteiger charge is -2.04. The van der Waals surface area contributed by atoms with E-state index in [1.807, 2.05) is 43.1 Å². The van der Waals surface area contributed by atoms with Crippen molar-refractivity contribution in [2.75, 3.05) is 11.9 Å². The number of pyridine rings is 1. The number of hydrogen-bond acceptors (Lipinski definition) is 5. The highest BCUT2D eigenvalue weighted by Crippen LogP contribution is 2.21. The molecule has 0 bridgehead atoms. The topological polar surface area (TPSA) is 84.7 Å². The minimum absolute atomic E-state index is 0.278. The van der Waals surface area contributed by atoms with Crippen molar-refractivity contribution < 1.29 is 4.79 Å². The van der Waals surface area contributed by atoms with E-state index >= 15 is 0 Å². The summed E-state index contributed by atoms with van der Waals surface area (Å²) < 4.78 is 1.86. The maximum absolute atomic E-state index is 12.0. The van der Waals surface area contributed by atoms with Gasteiger partial charge in [-0.05, 0) is 43.9 Å². The summed E-state index contributed by atoms with van der Waals surface area (Å²) in [6.45, 7) is 5.28. The number of nitrogens with zero attached hydrogens (tertiary/aromatic N) is 4. The van der Waals surface area contributed by atoms with E-state index in [1.54, 1.807) is 12.4 Å². The number of hydrogen-bond donors (Lipinski definition) is 2. The van der Waals surface area contributed by atoms with Crippen LogP contribution in [-0.2, 0) is 13.0 Å². The van der Waals surface area contributed by atoms with E-state index in [0.717, 1.165) is 34.7 Å². The molecular formula is C19H20N6OS. The second-order valence-corrected chi connectivity index (χ2v) is 6.75. The number of carbonyl (C=O) groups excluding carboxylic acids is 1. The molecule has 0 radical (unpaired) electrons. The molecule has 3 aromatic heterocycles. The molecule has 0 aliphatic heterocycles. The van der Waals surface area contributed by atoms with Crippen LogP contribution in [0.25, 0.3) is 0 Å². The average molecular weight is 380 g/mol. The van der Waals surface area contributed by atoms with Gasteiger partial charge in [-0.2, -0.15) is 5.10 Å². The zero-order chi connectivity index (χ0) is 19.1. The molecule has 3 heterocycles. The van der Waals surface area contributed by atoms with Crippen LogP contribution >= 0.6 is 11.3 Å². The highest BCUT2D eigenvalue weighted by atomic mass is 32.1. The van der Waals surface area contributed by atoms with Gasteiger partial charge in [-0.1, -0.05) is 17.3 Å². The normalized spacial score (nSPS) is 10.1. The van der Waals surface area contributed by atoms with Crippen LogP contribution in [0.2, 0.25) is 0 Å². The summed E-state index contributed by atoms with van der Waals surface area (Å²) in [6, 6.07) is 3.42. The lowest BCUT2D eigenvalue weighted by atomic mass is 10.2. The Morgan fingerprint density at radius 1 is 1.30 bits per heavy atom. The maximum atomic E-state index is 12.0. The molecule has 0 atom stereocenters. The third-order valence-electron chi connectivity index (χ3n) is 3.73. The molecular weight excluding hydrogens is 360 g/mol. The Hall–Kier alpha value is -3.18. The Morgan fingerprint density at radius 3 is 2.85 bits per heavy atom. The van der Waals surface area contributed by atoms with Gasteiger partial charge in [0.25, 0.3) is 0 Å². The molecule has 0 saturated heterocycles. The predicted octanol–water partition coefficient (Wildman–Crippen LogP) is 2.83. The van der Waals surface area contributed by atoms with Crippen molar-refractivity contribution in [1.29, 1.82) is 0 Å².